The van der Waals surface area contributed by atoms with E-state index in [0.717, 1.165) is 0 Å². The third-order valence-corrected chi connectivity index (χ3v) is 3.94. The zero-order chi connectivity index (χ0) is 21.3. The Hall–Kier alpha value is -2.97. The van der Waals surface area contributed by atoms with Crippen LogP contribution in [0.3, 0.4) is 0 Å². The second-order valence-electron chi connectivity index (χ2n) is 6.37. The quantitative estimate of drug-likeness (QED) is 0.508. The van der Waals surface area contributed by atoms with Gasteiger partial charge in [-0.3, -0.25) is 14.4 Å². The number of rotatable bonds is 10. The van der Waals surface area contributed by atoms with Crippen molar-refractivity contribution in [3.8, 4) is 0 Å². The molecule has 0 spiro atoms. The summed E-state index contributed by atoms with van der Waals surface area (Å²) in [4.78, 5) is 47.2. The number of amides is 2. The molecule has 1 aromatic carbocycles. The van der Waals surface area contributed by atoms with E-state index in [-0.39, 0.29) is 19.4 Å². The van der Waals surface area contributed by atoms with Gasteiger partial charge in [0.05, 0.1) is 12.5 Å². The molecule has 1 rings (SSSR count). The second-order valence-corrected chi connectivity index (χ2v) is 6.37. The molecule has 1 aromatic rings. The summed E-state index contributed by atoms with van der Waals surface area (Å²) >= 11 is 0. The largest absolute Gasteiger partial charge is 0.480 e. The topological polar surface area (TPSA) is 122 Å². The first kappa shape index (κ1) is 23.1. The molecule has 0 bridgehead atoms. The third kappa shape index (κ3) is 7.73. The molecule has 0 fully saturated rings. The van der Waals surface area contributed by atoms with E-state index < -0.39 is 47.6 Å². The predicted molar refractivity (Wildman–Crippen MR) is 97.7 cm³/mol. The number of halogens is 1. The summed E-state index contributed by atoms with van der Waals surface area (Å²) in [6, 6.07) is 2.99. The lowest BCUT2D eigenvalue weighted by Gasteiger charge is -2.22. The second kappa shape index (κ2) is 11.0. The standard InChI is InChI=1S/C19H25FN2O6/c1-4-28-19(27)11(2)9-16(18(25)26)22-17(24)15(21-12(3)23)10-13-5-7-14(20)8-6-13/h5-8,11,15-16H,4,9-10H2,1-3H3,(H,21,23)(H,22,24)(H,25,26)/t11-,15+,16-/m0/s1. The lowest BCUT2D eigenvalue weighted by molar-refractivity contribution is -0.149. The fourth-order valence-corrected chi connectivity index (χ4v) is 2.54. The van der Waals surface area contributed by atoms with Crippen LogP contribution >= 0.6 is 0 Å². The highest BCUT2D eigenvalue weighted by atomic mass is 19.1. The van der Waals surface area contributed by atoms with E-state index in [1.165, 1.54) is 38.1 Å². The smallest absolute Gasteiger partial charge is 0.326 e. The Morgan fingerprint density at radius 2 is 1.71 bits per heavy atom. The number of ether oxygens (including phenoxy) is 1. The van der Waals surface area contributed by atoms with Crippen molar-refractivity contribution in [1.29, 1.82) is 0 Å². The monoisotopic (exact) mass is 396 g/mol. The minimum atomic E-state index is -1.34. The van der Waals surface area contributed by atoms with Gasteiger partial charge in [0.1, 0.15) is 17.9 Å². The van der Waals surface area contributed by atoms with Gasteiger partial charge in [0.25, 0.3) is 0 Å². The van der Waals surface area contributed by atoms with Crippen LogP contribution in [0.15, 0.2) is 24.3 Å². The summed E-state index contributed by atoms with van der Waals surface area (Å²) in [6.07, 6.45) is -0.116. The van der Waals surface area contributed by atoms with Gasteiger partial charge >= 0.3 is 11.9 Å². The Bertz CT molecular complexity index is 707. The molecule has 9 heteroatoms. The molecule has 0 aromatic heterocycles. The zero-order valence-corrected chi connectivity index (χ0v) is 16.0. The first-order valence-corrected chi connectivity index (χ1v) is 8.85. The van der Waals surface area contributed by atoms with Gasteiger partial charge < -0.3 is 20.5 Å². The van der Waals surface area contributed by atoms with Crippen LogP contribution in [0, 0.1) is 11.7 Å². The number of aliphatic carboxylic acids is 1. The van der Waals surface area contributed by atoms with Crippen LogP contribution in [0.25, 0.3) is 0 Å². The molecule has 0 aliphatic carbocycles. The summed E-state index contributed by atoms with van der Waals surface area (Å²) in [5.74, 6) is -4.25. The Morgan fingerprint density at radius 1 is 1.11 bits per heavy atom. The maximum Gasteiger partial charge on any atom is 0.326 e. The Kier molecular flexibility index (Phi) is 9.07. The lowest BCUT2D eigenvalue weighted by atomic mass is 10.0. The van der Waals surface area contributed by atoms with E-state index in [0.29, 0.717) is 5.56 Å². The third-order valence-electron chi connectivity index (χ3n) is 3.94. The van der Waals surface area contributed by atoms with Gasteiger partial charge in [0, 0.05) is 13.3 Å². The van der Waals surface area contributed by atoms with E-state index >= 15 is 0 Å². The first-order valence-electron chi connectivity index (χ1n) is 8.85. The fourth-order valence-electron chi connectivity index (χ4n) is 2.54. The maximum absolute atomic E-state index is 13.0. The Labute approximate surface area is 162 Å². The number of carboxylic acid groups (broad SMARTS) is 1. The number of carboxylic acids is 1. The molecule has 0 radical (unpaired) electrons. The van der Waals surface area contributed by atoms with Crippen LogP contribution in [0.1, 0.15) is 32.8 Å². The molecule has 0 unspecified atom stereocenters. The van der Waals surface area contributed by atoms with E-state index in [9.17, 15) is 28.7 Å². The van der Waals surface area contributed by atoms with Gasteiger partial charge in [0.2, 0.25) is 11.8 Å². The number of carbonyl (C=O) groups excluding carboxylic acids is 3. The van der Waals surface area contributed by atoms with E-state index in [1.54, 1.807) is 6.92 Å². The first-order chi connectivity index (χ1) is 13.1. The molecule has 0 saturated carbocycles. The highest BCUT2D eigenvalue weighted by Crippen LogP contribution is 2.11. The SMILES string of the molecule is CCOC(=O)[C@@H](C)C[C@H](NC(=O)[C@@H](Cc1ccc(F)cc1)NC(C)=O)C(=O)O. The van der Waals surface area contributed by atoms with Crippen LogP contribution < -0.4 is 10.6 Å². The summed E-state index contributed by atoms with van der Waals surface area (Å²) in [5.41, 5.74) is 0.585. The highest BCUT2D eigenvalue weighted by molar-refractivity contribution is 5.90. The summed E-state index contributed by atoms with van der Waals surface area (Å²) in [6.45, 7) is 4.52. The van der Waals surface area contributed by atoms with E-state index in [1.807, 2.05) is 0 Å². The van der Waals surface area contributed by atoms with Crippen molar-refractivity contribution in [2.75, 3.05) is 6.61 Å². The van der Waals surface area contributed by atoms with Crippen molar-refractivity contribution >= 4 is 23.8 Å². The molecule has 154 valence electrons. The van der Waals surface area contributed by atoms with Crippen LogP contribution in [0.2, 0.25) is 0 Å². The molecular weight excluding hydrogens is 371 g/mol. The number of nitrogens with one attached hydrogen (secondary N) is 2. The number of hydrogen-bond donors (Lipinski definition) is 3. The van der Waals surface area contributed by atoms with Crippen LogP contribution in [-0.4, -0.2) is 47.6 Å². The number of hydrogen-bond acceptors (Lipinski definition) is 5. The van der Waals surface area contributed by atoms with Crippen LogP contribution in [-0.2, 0) is 30.3 Å². The molecular formula is C19H25FN2O6. The summed E-state index contributed by atoms with van der Waals surface area (Å²) in [5, 5.41) is 14.2. The van der Waals surface area contributed by atoms with Crippen molar-refractivity contribution in [2.24, 2.45) is 5.92 Å². The molecule has 0 heterocycles. The van der Waals surface area contributed by atoms with Gasteiger partial charge in [-0.15, -0.1) is 0 Å². The number of carbonyl (C=O) groups is 4. The van der Waals surface area contributed by atoms with Gasteiger partial charge in [-0.05, 0) is 31.0 Å². The highest BCUT2D eigenvalue weighted by Gasteiger charge is 2.29. The van der Waals surface area contributed by atoms with Crippen molar-refractivity contribution in [1.82, 2.24) is 10.6 Å². The van der Waals surface area contributed by atoms with Crippen molar-refractivity contribution in [3.63, 3.8) is 0 Å². The minimum Gasteiger partial charge on any atom is -0.480 e. The molecule has 0 aliphatic heterocycles. The number of benzene rings is 1. The molecule has 28 heavy (non-hydrogen) atoms. The van der Waals surface area contributed by atoms with Crippen LogP contribution in [0.5, 0.6) is 0 Å². The Morgan fingerprint density at radius 3 is 2.21 bits per heavy atom. The lowest BCUT2D eigenvalue weighted by Crippen LogP contribution is -2.52. The average molecular weight is 396 g/mol. The minimum absolute atomic E-state index is 0.0471. The van der Waals surface area contributed by atoms with Crippen molar-refractivity contribution < 1.29 is 33.4 Å². The van der Waals surface area contributed by atoms with Gasteiger partial charge in [-0.2, -0.15) is 0 Å². The molecule has 8 nitrogen and oxygen atoms in total. The zero-order valence-electron chi connectivity index (χ0n) is 16.0. The molecule has 3 atom stereocenters. The van der Waals surface area contributed by atoms with Gasteiger partial charge in [-0.1, -0.05) is 19.1 Å². The predicted octanol–water partition coefficient (Wildman–Crippen LogP) is 1.03. The molecule has 0 saturated heterocycles. The molecule has 2 amide bonds. The fraction of sp³-hybridized carbons (Fsp3) is 0.474. The van der Waals surface area contributed by atoms with Crippen LogP contribution in [0.4, 0.5) is 4.39 Å². The van der Waals surface area contributed by atoms with Gasteiger partial charge in [-0.25, -0.2) is 9.18 Å². The van der Waals surface area contributed by atoms with Gasteiger partial charge in [0.15, 0.2) is 0 Å². The summed E-state index contributed by atoms with van der Waals surface area (Å²) < 4.78 is 17.9. The van der Waals surface area contributed by atoms with E-state index in [2.05, 4.69) is 10.6 Å². The number of esters is 1. The Balaban J connectivity index is 2.86. The van der Waals surface area contributed by atoms with Crippen molar-refractivity contribution in [2.45, 2.75) is 45.7 Å². The maximum atomic E-state index is 13.0. The summed E-state index contributed by atoms with van der Waals surface area (Å²) in [7, 11) is 0. The molecule has 3 N–H and O–H groups in total. The van der Waals surface area contributed by atoms with E-state index in [4.69, 9.17) is 4.74 Å². The average Bonchev–Trinajstić information content (AvgIpc) is 2.61. The molecule has 0 aliphatic rings. The normalized spacial score (nSPS) is 13.7. The van der Waals surface area contributed by atoms with Crippen molar-refractivity contribution in [3.05, 3.63) is 35.6 Å².